The fourth-order valence-corrected chi connectivity index (χ4v) is 1.67. The Morgan fingerprint density at radius 2 is 2.11 bits per heavy atom. The van der Waals surface area contributed by atoms with Crippen LogP contribution in [0.2, 0.25) is 0 Å². The Labute approximate surface area is 114 Å². The molecule has 3 N–H and O–H groups in total. The quantitative estimate of drug-likeness (QED) is 0.432. The van der Waals surface area contributed by atoms with Crippen LogP contribution in [0.25, 0.3) is 0 Å². The molecule has 0 aromatic carbocycles. The first kappa shape index (κ1) is 17.3. The Kier molecular flexibility index (Phi) is 10.9. The van der Waals surface area contributed by atoms with Crippen LogP contribution in [-0.4, -0.2) is 44.4 Å². The highest BCUT2D eigenvalue weighted by molar-refractivity contribution is 7.80. The number of methoxy groups -OCH3 is 1. The number of nitrogens with two attached hydrogens (primary N) is 1. The summed E-state index contributed by atoms with van der Waals surface area (Å²) in [4.78, 5) is 12.0. The van der Waals surface area contributed by atoms with E-state index in [1.165, 1.54) is 0 Å². The smallest absolute Gasteiger partial charge is 0.229 e. The van der Waals surface area contributed by atoms with Gasteiger partial charge in [-0.3, -0.25) is 4.79 Å². The van der Waals surface area contributed by atoms with Gasteiger partial charge in [0.15, 0.2) is 0 Å². The van der Waals surface area contributed by atoms with Crippen LogP contribution in [0.3, 0.4) is 0 Å². The first-order valence-electron chi connectivity index (χ1n) is 6.27. The molecule has 0 saturated carbocycles. The van der Waals surface area contributed by atoms with Crippen molar-refractivity contribution in [3.63, 3.8) is 0 Å². The van der Waals surface area contributed by atoms with Gasteiger partial charge in [-0.2, -0.15) is 0 Å². The maximum Gasteiger partial charge on any atom is 0.229 e. The van der Waals surface area contributed by atoms with Crippen molar-refractivity contribution >= 4 is 23.1 Å². The largest absolute Gasteiger partial charge is 0.393 e. The molecular weight excluding hydrogens is 252 g/mol. The van der Waals surface area contributed by atoms with Gasteiger partial charge in [-0.25, -0.2) is 0 Å². The summed E-state index contributed by atoms with van der Waals surface area (Å²) in [7, 11) is 1.63. The van der Waals surface area contributed by atoms with E-state index in [0.29, 0.717) is 32.8 Å². The SMILES string of the molecule is CCCC(C(=O)NCCCOCCOC)C(N)=S. The first-order chi connectivity index (χ1) is 8.63. The Bertz CT molecular complexity index is 249. The van der Waals surface area contributed by atoms with Gasteiger partial charge in [0.25, 0.3) is 0 Å². The maximum atomic E-state index is 11.8. The van der Waals surface area contributed by atoms with E-state index in [4.69, 9.17) is 27.4 Å². The van der Waals surface area contributed by atoms with Crippen molar-refractivity contribution in [1.29, 1.82) is 0 Å². The monoisotopic (exact) mass is 276 g/mol. The lowest BCUT2D eigenvalue weighted by atomic mass is 10.0. The van der Waals surface area contributed by atoms with Crippen LogP contribution < -0.4 is 11.1 Å². The molecule has 5 nitrogen and oxygen atoms in total. The predicted octanol–water partition coefficient (Wildman–Crippen LogP) is 0.858. The normalized spacial score (nSPS) is 12.1. The average molecular weight is 276 g/mol. The van der Waals surface area contributed by atoms with Gasteiger partial charge in [-0.05, 0) is 12.8 Å². The summed E-state index contributed by atoms with van der Waals surface area (Å²) in [5.41, 5.74) is 5.54. The van der Waals surface area contributed by atoms with E-state index in [1.54, 1.807) is 7.11 Å². The summed E-state index contributed by atoms with van der Waals surface area (Å²) < 4.78 is 10.1. The van der Waals surface area contributed by atoms with Crippen LogP contribution in [0.5, 0.6) is 0 Å². The Morgan fingerprint density at radius 3 is 2.67 bits per heavy atom. The second-order valence-corrected chi connectivity index (χ2v) is 4.46. The Morgan fingerprint density at radius 1 is 1.39 bits per heavy atom. The molecule has 0 aromatic rings. The number of thiocarbonyl (C=S) groups is 1. The van der Waals surface area contributed by atoms with E-state index in [2.05, 4.69) is 5.32 Å². The number of nitrogens with one attached hydrogen (secondary N) is 1. The van der Waals surface area contributed by atoms with Gasteiger partial charge in [0.2, 0.25) is 5.91 Å². The molecule has 0 fully saturated rings. The van der Waals surface area contributed by atoms with Crippen molar-refractivity contribution in [2.45, 2.75) is 26.2 Å². The molecule has 0 saturated heterocycles. The fraction of sp³-hybridized carbons (Fsp3) is 0.833. The number of hydrogen-bond donors (Lipinski definition) is 2. The van der Waals surface area contributed by atoms with Crippen LogP contribution in [-0.2, 0) is 14.3 Å². The van der Waals surface area contributed by atoms with Gasteiger partial charge in [0.05, 0.1) is 24.1 Å². The van der Waals surface area contributed by atoms with E-state index >= 15 is 0 Å². The molecule has 0 aromatic heterocycles. The van der Waals surface area contributed by atoms with Gasteiger partial charge in [0, 0.05) is 20.3 Å². The zero-order chi connectivity index (χ0) is 13.8. The standard InChI is InChI=1S/C12H24N2O3S/c1-3-5-10(11(13)18)12(15)14-6-4-7-17-9-8-16-2/h10H,3-9H2,1-2H3,(H2,13,18)(H,14,15). The minimum absolute atomic E-state index is 0.0822. The third-order valence-electron chi connectivity index (χ3n) is 2.43. The van der Waals surface area contributed by atoms with Gasteiger partial charge in [-0.15, -0.1) is 0 Å². The van der Waals surface area contributed by atoms with Crippen molar-refractivity contribution in [1.82, 2.24) is 5.32 Å². The number of ether oxygens (including phenoxy) is 2. The molecule has 0 rings (SSSR count). The fourth-order valence-electron chi connectivity index (χ4n) is 1.44. The second-order valence-electron chi connectivity index (χ2n) is 3.99. The van der Waals surface area contributed by atoms with Crippen LogP contribution in [0.1, 0.15) is 26.2 Å². The van der Waals surface area contributed by atoms with Crippen molar-refractivity contribution in [2.24, 2.45) is 11.7 Å². The van der Waals surface area contributed by atoms with Crippen LogP contribution in [0.4, 0.5) is 0 Å². The minimum atomic E-state index is -0.348. The maximum absolute atomic E-state index is 11.8. The highest BCUT2D eigenvalue weighted by Crippen LogP contribution is 2.06. The van der Waals surface area contributed by atoms with Crippen molar-refractivity contribution in [3.8, 4) is 0 Å². The molecule has 1 amide bonds. The molecule has 0 aliphatic rings. The van der Waals surface area contributed by atoms with E-state index in [1.807, 2.05) is 6.92 Å². The Balaban J connectivity index is 3.64. The van der Waals surface area contributed by atoms with Crippen molar-refractivity contribution < 1.29 is 14.3 Å². The Hall–Kier alpha value is -0.720. The highest BCUT2D eigenvalue weighted by Gasteiger charge is 2.19. The van der Waals surface area contributed by atoms with E-state index in [9.17, 15) is 4.79 Å². The lowest BCUT2D eigenvalue weighted by Crippen LogP contribution is -2.38. The van der Waals surface area contributed by atoms with Gasteiger partial charge >= 0.3 is 0 Å². The number of rotatable bonds is 11. The van der Waals surface area contributed by atoms with Gasteiger partial charge in [0.1, 0.15) is 0 Å². The van der Waals surface area contributed by atoms with E-state index in [-0.39, 0.29) is 16.8 Å². The first-order valence-corrected chi connectivity index (χ1v) is 6.68. The molecule has 0 spiro atoms. The number of amides is 1. The molecular formula is C12H24N2O3S. The average Bonchev–Trinajstić information content (AvgIpc) is 2.34. The minimum Gasteiger partial charge on any atom is -0.393 e. The predicted molar refractivity (Wildman–Crippen MR) is 75.5 cm³/mol. The topological polar surface area (TPSA) is 73.6 Å². The summed E-state index contributed by atoms with van der Waals surface area (Å²) >= 11 is 4.89. The van der Waals surface area contributed by atoms with Crippen molar-refractivity contribution in [3.05, 3.63) is 0 Å². The molecule has 0 aliphatic carbocycles. The van der Waals surface area contributed by atoms with Crippen molar-refractivity contribution in [2.75, 3.05) is 33.5 Å². The molecule has 6 heteroatoms. The van der Waals surface area contributed by atoms with Crippen LogP contribution in [0.15, 0.2) is 0 Å². The number of carbonyl (C=O) groups excluding carboxylic acids is 1. The van der Waals surface area contributed by atoms with E-state index in [0.717, 1.165) is 12.8 Å². The van der Waals surface area contributed by atoms with Gasteiger partial charge in [-0.1, -0.05) is 25.6 Å². The van der Waals surface area contributed by atoms with E-state index < -0.39 is 0 Å². The molecule has 0 radical (unpaired) electrons. The third-order valence-corrected chi connectivity index (χ3v) is 2.72. The summed E-state index contributed by atoms with van der Waals surface area (Å²) in [5.74, 6) is -0.430. The molecule has 106 valence electrons. The second kappa shape index (κ2) is 11.4. The summed E-state index contributed by atoms with van der Waals surface area (Å²) in [6.07, 6.45) is 2.35. The molecule has 0 aliphatic heterocycles. The summed E-state index contributed by atoms with van der Waals surface area (Å²) in [5, 5.41) is 2.82. The summed E-state index contributed by atoms with van der Waals surface area (Å²) in [6.45, 7) is 4.36. The number of hydrogen-bond acceptors (Lipinski definition) is 4. The number of carbonyl (C=O) groups is 1. The molecule has 18 heavy (non-hydrogen) atoms. The molecule has 1 unspecified atom stereocenters. The molecule has 0 bridgehead atoms. The van der Waals surface area contributed by atoms with Crippen LogP contribution in [0, 0.1) is 5.92 Å². The molecule has 0 heterocycles. The third kappa shape index (κ3) is 8.38. The zero-order valence-electron chi connectivity index (χ0n) is 11.2. The zero-order valence-corrected chi connectivity index (χ0v) is 12.1. The van der Waals surface area contributed by atoms with Crippen LogP contribution >= 0.6 is 12.2 Å². The summed E-state index contributed by atoms with van der Waals surface area (Å²) in [6, 6.07) is 0. The lowest BCUT2D eigenvalue weighted by molar-refractivity contribution is -0.123. The van der Waals surface area contributed by atoms with Gasteiger partial charge < -0.3 is 20.5 Å². The molecule has 1 atom stereocenters. The highest BCUT2D eigenvalue weighted by atomic mass is 32.1. The lowest BCUT2D eigenvalue weighted by Gasteiger charge is -2.14.